The normalized spacial score (nSPS) is 16.4. The summed E-state index contributed by atoms with van der Waals surface area (Å²) in [7, 11) is 0. The highest BCUT2D eigenvalue weighted by Gasteiger charge is 2.21. The summed E-state index contributed by atoms with van der Waals surface area (Å²) in [6, 6.07) is 5.86. The Hall–Kier alpha value is -2.46. The van der Waals surface area contributed by atoms with Gasteiger partial charge in [-0.05, 0) is 18.9 Å². The fourth-order valence-corrected chi connectivity index (χ4v) is 3.65. The molecule has 1 unspecified atom stereocenters. The van der Waals surface area contributed by atoms with Crippen LogP contribution in [0.2, 0.25) is 0 Å². The van der Waals surface area contributed by atoms with Crippen LogP contribution in [0.5, 0.6) is 0 Å². The fraction of sp³-hybridized carbons (Fsp3) is 0.471. The second kappa shape index (κ2) is 8.96. The number of hydrogen-bond donors (Lipinski definition) is 1. The van der Waals surface area contributed by atoms with Crippen molar-refractivity contribution in [3.63, 3.8) is 0 Å². The van der Waals surface area contributed by atoms with Crippen molar-refractivity contribution in [2.45, 2.75) is 44.0 Å². The topological polar surface area (TPSA) is 112 Å². The molecule has 1 fully saturated rings. The minimum Gasteiger partial charge on any atom is -0.376 e. The van der Waals surface area contributed by atoms with Gasteiger partial charge in [0.15, 0.2) is 5.16 Å². The predicted molar refractivity (Wildman–Crippen MR) is 101 cm³/mol. The number of nitro groups is 1. The van der Waals surface area contributed by atoms with Crippen LogP contribution < -0.4 is 5.32 Å². The lowest BCUT2D eigenvalue weighted by Gasteiger charge is -2.14. The maximum absolute atomic E-state index is 12.2. The van der Waals surface area contributed by atoms with Crippen molar-refractivity contribution in [2.75, 3.05) is 17.7 Å². The van der Waals surface area contributed by atoms with Crippen molar-refractivity contribution >= 4 is 29.0 Å². The third-order valence-electron chi connectivity index (χ3n) is 4.19. The fourth-order valence-electron chi connectivity index (χ4n) is 2.89. The molecule has 0 bridgehead atoms. The van der Waals surface area contributed by atoms with Gasteiger partial charge in [-0.1, -0.05) is 24.8 Å². The number of anilines is 1. The van der Waals surface area contributed by atoms with E-state index in [1.807, 2.05) is 11.5 Å². The van der Waals surface area contributed by atoms with Crippen LogP contribution in [0.4, 0.5) is 11.4 Å². The number of carbonyl (C=O) groups is 1. The van der Waals surface area contributed by atoms with Gasteiger partial charge in [-0.25, -0.2) is 0 Å². The molecule has 1 atom stereocenters. The molecule has 10 heteroatoms. The number of non-ortho nitro benzene ring substituents is 1. The van der Waals surface area contributed by atoms with Gasteiger partial charge in [-0.15, -0.1) is 10.2 Å². The third kappa shape index (κ3) is 5.04. The Morgan fingerprint density at radius 3 is 3.04 bits per heavy atom. The van der Waals surface area contributed by atoms with E-state index in [9.17, 15) is 14.9 Å². The van der Waals surface area contributed by atoms with Gasteiger partial charge in [-0.3, -0.25) is 14.9 Å². The zero-order chi connectivity index (χ0) is 19.2. The first-order valence-electron chi connectivity index (χ1n) is 8.77. The molecule has 1 aromatic carbocycles. The molecular formula is C17H21N5O4S. The lowest BCUT2D eigenvalue weighted by molar-refractivity contribution is -0.384. The number of aromatic nitrogens is 3. The Bertz CT molecular complexity index is 819. The van der Waals surface area contributed by atoms with Gasteiger partial charge in [0, 0.05) is 30.8 Å². The van der Waals surface area contributed by atoms with Crippen molar-refractivity contribution in [3.8, 4) is 0 Å². The van der Waals surface area contributed by atoms with Crippen LogP contribution in [0.25, 0.3) is 0 Å². The van der Waals surface area contributed by atoms with Crippen molar-refractivity contribution in [2.24, 2.45) is 0 Å². The highest BCUT2D eigenvalue weighted by Crippen LogP contribution is 2.22. The minimum absolute atomic E-state index is 0.0654. The monoisotopic (exact) mass is 391 g/mol. The molecule has 1 aliphatic rings. The second-order valence-electron chi connectivity index (χ2n) is 6.14. The zero-order valence-corrected chi connectivity index (χ0v) is 15.8. The molecule has 1 aliphatic heterocycles. The number of nitrogens with zero attached hydrogens (tertiary/aromatic N) is 4. The van der Waals surface area contributed by atoms with Crippen LogP contribution in [0, 0.1) is 10.1 Å². The average Bonchev–Trinajstić information content (AvgIpc) is 3.30. The summed E-state index contributed by atoms with van der Waals surface area (Å²) in [6.07, 6.45) is 2.98. The van der Waals surface area contributed by atoms with Crippen molar-refractivity contribution in [1.29, 1.82) is 0 Å². The SMILES string of the molecule is CCc1nnc(SCC(=O)Nc2cccc([N+](=O)[O-])c2)n1CC1CCCO1. The quantitative estimate of drug-likeness (QED) is 0.418. The number of nitrogens with one attached hydrogen (secondary N) is 1. The van der Waals surface area contributed by atoms with Crippen LogP contribution in [0.1, 0.15) is 25.6 Å². The molecule has 2 heterocycles. The number of benzene rings is 1. The molecule has 3 rings (SSSR count). The van der Waals surface area contributed by atoms with Crippen LogP contribution in [-0.4, -0.2) is 44.1 Å². The predicted octanol–water partition coefficient (Wildman–Crippen LogP) is 2.66. The molecule has 0 radical (unpaired) electrons. The number of amides is 1. The molecule has 0 aliphatic carbocycles. The Balaban J connectivity index is 1.60. The first kappa shape index (κ1) is 19.3. The number of aryl methyl sites for hydroxylation is 1. The van der Waals surface area contributed by atoms with Crippen LogP contribution in [0.15, 0.2) is 29.4 Å². The lowest BCUT2D eigenvalue weighted by Crippen LogP contribution is -2.19. The third-order valence-corrected chi connectivity index (χ3v) is 5.16. The summed E-state index contributed by atoms with van der Waals surface area (Å²) in [5.74, 6) is 0.744. The number of thioether (sulfide) groups is 1. The van der Waals surface area contributed by atoms with Crippen molar-refractivity contribution in [1.82, 2.24) is 14.8 Å². The van der Waals surface area contributed by atoms with Gasteiger partial charge in [-0.2, -0.15) is 0 Å². The molecule has 1 amide bonds. The van der Waals surface area contributed by atoms with Gasteiger partial charge in [0.25, 0.3) is 5.69 Å². The second-order valence-corrected chi connectivity index (χ2v) is 7.08. The molecule has 0 saturated carbocycles. The van der Waals surface area contributed by atoms with Gasteiger partial charge >= 0.3 is 0 Å². The van der Waals surface area contributed by atoms with Gasteiger partial charge in [0.05, 0.1) is 23.3 Å². The first-order valence-corrected chi connectivity index (χ1v) is 9.76. The van der Waals surface area contributed by atoms with Crippen LogP contribution in [0.3, 0.4) is 0 Å². The maximum Gasteiger partial charge on any atom is 0.271 e. The largest absolute Gasteiger partial charge is 0.376 e. The number of nitro benzene ring substituents is 1. The van der Waals surface area contributed by atoms with Gasteiger partial charge in [0.2, 0.25) is 5.91 Å². The Morgan fingerprint density at radius 2 is 2.33 bits per heavy atom. The highest BCUT2D eigenvalue weighted by atomic mass is 32.2. The standard InChI is InChI=1S/C17H21N5O4S/c1-2-15-19-20-17(21(15)10-14-7-4-8-26-14)27-11-16(23)18-12-5-3-6-13(9-12)22(24)25/h3,5-6,9,14H,2,4,7-8,10-11H2,1H3,(H,18,23). The molecular weight excluding hydrogens is 370 g/mol. The number of rotatable bonds is 8. The number of hydrogen-bond acceptors (Lipinski definition) is 7. The molecule has 2 aromatic rings. The molecule has 1 aromatic heterocycles. The highest BCUT2D eigenvalue weighted by molar-refractivity contribution is 7.99. The Kier molecular flexibility index (Phi) is 6.40. The van der Waals surface area contributed by atoms with E-state index in [-0.39, 0.29) is 23.5 Å². The summed E-state index contributed by atoms with van der Waals surface area (Å²) in [4.78, 5) is 22.5. The van der Waals surface area contributed by atoms with Gasteiger partial charge in [0.1, 0.15) is 5.82 Å². The van der Waals surface area contributed by atoms with Crippen LogP contribution >= 0.6 is 11.8 Å². The minimum atomic E-state index is -0.496. The van der Waals surface area contributed by atoms with E-state index in [0.717, 1.165) is 31.7 Å². The first-order chi connectivity index (χ1) is 13.1. The van der Waals surface area contributed by atoms with Gasteiger partial charge < -0.3 is 14.6 Å². The molecule has 1 N–H and O–H groups in total. The van der Waals surface area contributed by atoms with E-state index in [4.69, 9.17) is 4.74 Å². The zero-order valence-electron chi connectivity index (χ0n) is 15.0. The lowest BCUT2D eigenvalue weighted by atomic mass is 10.2. The molecule has 144 valence electrons. The maximum atomic E-state index is 12.2. The molecule has 0 spiro atoms. The summed E-state index contributed by atoms with van der Waals surface area (Å²) in [5, 5.41) is 22.6. The van der Waals surface area contributed by atoms with E-state index >= 15 is 0 Å². The van der Waals surface area contributed by atoms with Crippen molar-refractivity contribution < 1.29 is 14.5 Å². The Labute approximate surface area is 160 Å². The number of ether oxygens (including phenoxy) is 1. The summed E-state index contributed by atoms with van der Waals surface area (Å²) in [5.41, 5.74) is 0.328. The average molecular weight is 391 g/mol. The summed E-state index contributed by atoms with van der Waals surface area (Å²) >= 11 is 1.29. The van der Waals surface area contributed by atoms with E-state index < -0.39 is 4.92 Å². The van der Waals surface area contributed by atoms with Crippen LogP contribution in [-0.2, 0) is 22.5 Å². The van der Waals surface area contributed by atoms with E-state index in [1.165, 1.54) is 30.0 Å². The van der Waals surface area contributed by atoms with E-state index in [0.29, 0.717) is 17.4 Å². The molecule has 1 saturated heterocycles. The van der Waals surface area contributed by atoms with E-state index in [2.05, 4.69) is 15.5 Å². The molecule has 27 heavy (non-hydrogen) atoms. The van der Waals surface area contributed by atoms with E-state index in [1.54, 1.807) is 6.07 Å². The number of carbonyl (C=O) groups excluding carboxylic acids is 1. The summed E-state index contributed by atoms with van der Waals surface area (Å²) in [6.45, 7) is 3.48. The smallest absolute Gasteiger partial charge is 0.271 e. The molecule has 9 nitrogen and oxygen atoms in total. The Morgan fingerprint density at radius 1 is 1.48 bits per heavy atom. The summed E-state index contributed by atoms with van der Waals surface area (Å²) < 4.78 is 7.71. The van der Waals surface area contributed by atoms with Crippen molar-refractivity contribution in [3.05, 3.63) is 40.2 Å².